The lowest BCUT2D eigenvalue weighted by Gasteiger charge is -2.05. The van der Waals surface area contributed by atoms with Crippen LogP contribution in [0, 0.1) is 0 Å². The normalized spacial score (nSPS) is 11.6. The van der Waals surface area contributed by atoms with Crippen LogP contribution >= 0.6 is 0 Å². The van der Waals surface area contributed by atoms with Gasteiger partial charge in [-0.05, 0) is 31.7 Å². The van der Waals surface area contributed by atoms with Crippen molar-refractivity contribution in [2.45, 2.75) is 39.7 Å². The first kappa shape index (κ1) is 14.7. The lowest BCUT2D eigenvalue weighted by Crippen LogP contribution is -1.94. The van der Waals surface area contributed by atoms with E-state index in [1.165, 1.54) is 16.7 Å². The van der Waals surface area contributed by atoms with Gasteiger partial charge in [0.2, 0.25) is 0 Å². The number of hydrogen-bond donors (Lipinski definition) is 0. The molecule has 0 atom stereocenters. The molecule has 0 saturated heterocycles. The highest BCUT2D eigenvalue weighted by Gasteiger charge is 1.95. The fraction of sp³-hybridized carbons (Fsp3) is 0.412. The van der Waals surface area contributed by atoms with Crippen molar-refractivity contribution in [2.24, 2.45) is 0 Å². The molecule has 0 aromatic heterocycles. The molecule has 1 aromatic carbocycles. The van der Waals surface area contributed by atoms with Crippen LogP contribution in [-0.2, 0) is 11.3 Å². The van der Waals surface area contributed by atoms with Gasteiger partial charge < -0.3 is 4.74 Å². The first-order chi connectivity index (χ1) is 8.72. The number of rotatable bonds is 8. The van der Waals surface area contributed by atoms with Crippen molar-refractivity contribution in [1.29, 1.82) is 0 Å². The summed E-state index contributed by atoms with van der Waals surface area (Å²) in [7, 11) is 0. The first-order valence-electron chi connectivity index (χ1n) is 6.66. The van der Waals surface area contributed by atoms with Crippen LogP contribution in [0.15, 0.2) is 54.1 Å². The Bertz CT molecular complexity index is 376. The molecule has 0 aliphatic rings. The molecule has 0 spiro atoms. The van der Waals surface area contributed by atoms with E-state index in [9.17, 15) is 0 Å². The van der Waals surface area contributed by atoms with Crippen molar-refractivity contribution in [2.75, 3.05) is 6.61 Å². The van der Waals surface area contributed by atoms with Gasteiger partial charge in [0.15, 0.2) is 0 Å². The number of benzene rings is 1. The molecule has 0 unspecified atom stereocenters. The summed E-state index contributed by atoms with van der Waals surface area (Å²) in [5.41, 5.74) is 3.93. The van der Waals surface area contributed by atoms with Gasteiger partial charge in [-0.2, -0.15) is 0 Å². The monoisotopic (exact) mass is 244 g/mol. The average molecular weight is 244 g/mol. The van der Waals surface area contributed by atoms with Gasteiger partial charge in [0.05, 0.1) is 13.2 Å². The maximum absolute atomic E-state index is 5.65. The van der Waals surface area contributed by atoms with E-state index in [1.807, 2.05) is 18.2 Å². The molecule has 0 aliphatic carbocycles. The Morgan fingerprint density at radius 3 is 2.61 bits per heavy atom. The lowest BCUT2D eigenvalue weighted by molar-refractivity contribution is 0.125. The topological polar surface area (TPSA) is 9.23 Å². The van der Waals surface area contributed by atoms with Gasteiger partial charge in [0, 0.05) is 0 Å². The zero-order chi connectivity index (χ0) is 13.2. The second-order valence-corrected chi connectivity index (χ2v) is 4.68. The van der Waals surface area contributed by atoms with Gasteiger partial charge in [-0.3, -0.25) is 0 Å². The fourth-order valence-electron chi connectivity index (χ4n) is 1.84. The van der Waals surface area contributed by atoms with E-state index >= 15 is 0 Å². The number of ether oxygens (including phenoxy) is 1. The largest absolute Gasteiger partial charge is 0.376 e. The van der Waals surface area contributed by atoms with Crippen molar-refractivity contribution in [3.8, 4) is 0 Å². The molecule has 1 nitrogen and oxygen atoms in total. The zero-order valence-corrected chi connectivity index (χ0v) is 11.6. The van der Waals surface area contributed by atoms with Crippen molar-refractivity contribution < 1.29 is 4.74 Å². The van der Waals surface area contributed by atoms with E-state index in [0.29, 0.717) is 6.61 Å². The van der Waals surface area contributed by atoms with E-state index in [-0.39, 0.29) is 0 Å². The second-order valence-electron chi connectivity index (χ2n) is 4.68. The minimum Gasteiger partial charge on any atom is -0.376 e. The van der Waals surface area contributed by atoms with Gasteiger partial charge in [0.1, 0.15) is 0 Å². The molecular weight excluding hydrogens is 220 g/mol. The molecule has 0 radical (unpaired) electrons. The molecule has 0 saturated carbocycles. The Balaban J connectivity index is 2.21. The zero-order valence-electron chi connectivity index (χ0n) is 11.6. The fourth-order valence-corrected chi connectivity index (χ4v) is 1.84. The highest BCUT2D eigenvalue weighted by atomic mass is 16.5. The second kappa shape index (κ2) is 8.71. The van der Waals surface area contributed by atoms with Gasteiger partial charge in [-0.1, -0.05) is 61.1 Å². The van der Waals surface area contributed by atoms with E-state index < -0.39 is 0 Å². The summed E-state index contributed by atoms with van der Waals surface area (Å²) in [4.78, 5) is 0. The quantitative estimate of drug-likeness (QED) is 0.467. The number of hydrogen-bond acceptors (Lipinski definition) is 1. The predicted octanol–water partition coefficient (Wildman–Crippen LogP) is 4.90. The minimum absolute atomic E-state index is 0.705. The summed E-state index contributed by atoms with van der Waals surface area (Å²) in [6, 6.07) is 10.3. The van der Waals surface area contributed by atoms with Crippen LogP contribution in [0.2, 0.25) is 0 Å². The Morgan fingerprint density at radius 1 is 1.28 bits per heavy atom. The van der Waals surface area contributed by atoms with Crippen LogP contribution in [0.25, 0.3) is 0 Å². The summed E-state index contributed by atoms with van der Waals surface area (Å²) in [6.07, 6.45) is 5.41. The van der Waals surface area contributed by atoms with Gasteiger partial charge in [0.25, 0.3) is 0 Å². The molecule has 1 heteroatoms. The summed E-state index contributed by atoms with van der Waals surface area (Å²) in [5, 5.41) is 0. The molecule has 0 fully saturated rings. The van der Waals surface area contributed by atoms with Crippen molar-refractivity contribution >= 4 is 0 Å². The van der Waals surface area contributed by atoms with Crippen molar-refractivity contribution in [3.05, 3.63) is 59.7 Å². The predicted molar refractivity (Wildman–Crippen MR) is 78.5 cm³/mol. The molecule has 98 valence electrons. The molecule has 1 rings (SSSR count). The van der Waals surface area contributed by atoms with Crippen LogP contribution in [0.4, 0.5) is 0 Å². The highest BCUT2D eigenvalue weighted by molar-refractivity contribution is 5.13. The molecule has 0 amide bonds. The molecule has 0 bridgehead atoms. The lowest BCUT2D eigenvalue weighted by atomic mass is 10.0. The summed E-state index contributed by atoms with van der Waals surface area (Å²) in [6.45, 7) is 9.72. The average Bonchev–Trinajstić information content (AvgIpc) is 2.37. The Hall–Kier alpha value is -1.34. The maximum Gasteiger partial charge on any atom is 0.0717 e. The number of allylic oxidation sites excluding steroid dienone is 2. The molecule has 18 heavy (non-hydrogen) atoms. The van der Waals surface area contributed by atoms with E-state index in [2.05, 4.69) is 38.6 Å². The minimum atomic E-state index is 0.705. The van der Waals surface area contributed by atoms with Crippen LogP contribution in [-0.4, -0.2) is 6.61 Å². The van der Waals surface area contributed by atoms with Crippen LogP contribution in [0.1, 0.15) is 38.7 Å². The van der Waals surface area contributed by atoms with Gasteiger partial charge in [-0.25, -0.2) is 0 Å². The van der Waals surface area contributed by atoms with Crippen LogP contribution in [0.3, 0.4) is 0 Å². The maximum atomic E-state index is 5.65. The third kappa shape index (κ3) is 6.41. The third-order valence-electron chi connectivity index (χ3n) is 2.79. The van der Waals surface area contributed by atoms with Gasteiger partial charge in [-0.15, -0.1) is 0 Å². The molecular formula is C17H24O. The van der Waals surface area contributed by atoms with E-state index in [4.69, 9.17) is 4.74 Å². The highest BCUT2D eigenvalue weighted by Crippen LogP contribution is 2.13. The SMILES string of the molecule is C=C(C)C/C(=C/CCOCc1ccccc1)CC. The first-order valence-corrected chi connectivity index (χ1v) is 6.66. The summed E-state index contributed by atoms with van der Waals surface area (Å²) in [5.74, 6) is 0. The Kier molecular flexibility index (Phi) is 7.12. The summed E-state index contributed by atoms with van der Waals surface area (Å²) >= 11 is 0. The smallest absolute Gasteiger partial charge is 0.0717 e. The summed E-state index contributed by atoms with van der Waals surface area (Å²) < 4.78 is 5.65. The Labute approximate surface area is 111 Å². The Morgan fingerprint density at radius 2 is 2.00 bits per heavy atom. The van der Waals surface area contributed by atoms with Gasteiger partial charge >= 0.3 is 0 Å². The third-order valence-corrected chi connectivity index (χ3v) is 2.79. The molecule has 0 N–H and O–H groups in total. The van der Waals surface area contributed by atoms with Crippen LogP contribution in [0.5, 0.6) is 0 Å². The molecule has 0 heterocycles. The van der Waals surface area contributed by atoms with Crippen molar-refractivity contribution in [3.63, 3.8) is 0 Å². The van der Waals surface area contributed by atoms with E-state index in [1.54, 1.807) is 0 Å². The van der Waals surface area contributed by atoms with Crippen LogP contribution < -0.4 is 0 Å². The molecule has 0 aliphatic heterocycles. The standard InChI is InChI=1S/C17H24O/c1-4-16(13-15(2)3)11-8-12-18-14-17-9-6-5-7-10-17/h5-7,9-11H,2,4,8,12-14H2,1,3H3/b16-11+. The van der Waals surface area contributed by atoms with E-state index in [0.717, 1.165) is 25.9 Å². The molecule has 1 aromatic rings. The van der Waals surface area contributed by atoms with Crippen molar-refractivity contribution in [1.82, 2.24) is 0 Å².